The van der Waals surface area contributed by atoms with E-state index in [4.69, 9.17) is 4.74 Å². The molecule has 0 bridgehead atoms. The zero-order valence-electron chi connectivity index (χ0n) is 23.2. The van der Waals surface area contributed by atoms with Gasteiger partial charge < -0.3 is 20.7 Å². The van der Waals surface area contributed by atoms with Crippen molar-refractivity contribution in [2.75, 3.05) is 17.7 Å². The molecule has 43 heavy (non-hydrogen) atoms. The third-order valence-corrected chi connectivity index (χ3v) is 8.15. The van der Waals surface area contributed by atoms with Gasteiger partial charge in [-0.3, -0.25) is 19.4 Å². The topological polar surface area (TPSA) is 122 Å². The van der Waals surface area contributed by atoms with E-state index in [1.54, 1.807) is 87.1 Å². The molecule has 0 fully saturated rings. The van der Waals surface area contributed by atoms with Crippen molar-refractivity contribution in [1.29, 1.82) is 0 Å². The first kappa shape index (κ1) is 29.5. The van der Waals surface area contributed by atoms with Gasteiger partial charge in [-0.1, -0.05) is 41.7 Å². The molecule has 2 heterocycles. The lowest BCUT2D eigenvalue weighted by atomic mass is 10.2. The fourth-order valence-corrected chi connectivity index (χ4v) is 5.79. The van der Waals surface area contributed by atoms with Crippen molar-refractivity contribution in [2.24, 2.45) is 0 Å². The van der Waals surface area contributed by atoms with E-state index in [0.29, 0.717) is 21.9 Å². The normalized spacial score (nSPS) is 11.9. The second-order valence-electron chi connectivity index (χ2n) is 9.25. The Hall–Kier alpha value is -5.00. The number of thiazole rings is 1. The van der Waals surface area contributed by atoms with Gasteiger partial charge in [0.25, 0.3) is 11.8 Å². The maximum Gasteiger partial charge on any atom is 0.272 e. The monoisotopic (exact) mass is 609 g/mol. The molecule has 0 aliphatic carbocycles. The summed E-state index contributed by atoms with van der Waals surface area (Å²) in [5, 5.41) is 8.52. The molecule has 3 N–H and O–H groups in total. The first-order valence-electron chi connectivity index (χ1n) is 13.2. The second kappa shape index (κ2) is 13.8. The smallest absolute Gasteiger partial charge is 0.272 e. The van der Waals surface area contributed by atoms with Gasteiger partial charge in [0.05, 0.1) is 22.6 Å². The Morgan fingerprint density at radius 1 is 0.953 bits per heavy atom. The minimum absolute atomic E-state index is 0.0566. The number of carbonyl (C=O) groups excluding carboxylic acids is 3. The number of methoxy groups -OCH3 is 1. The fourth-order valence-electron chi connectivity index (χ4n) is 3.97. The Labute approximate surface area is 256 Å². The fraction of sp³-hybridized carbons (Fsp3) is 0.0938. The summed E-state index contributed by atoms with van der Waals surface area (Å²) in [6.45, 7) is 1.80. The van der Waals surface area contributed by atoms with E-state index >= 15 is 0 Å². The molecule has 2 aromatic heterocycles. The van der Waals surface area contributed by atoms with E-state index in [1.807, 2.05) is 30.3 Å². The van der Waals surface area contributed by atoms with Gasteiger partial charge in [-0.15, -0.1) is 11.8 Å². The summed E-state index contributed by atoms with van der Waals surface area (Å²) in [5.41, 5.74) is 2.41. The number of ether oxygens (including phenoxy) is 1. The largest absolute Gasteiger partial charge is 0.497 e. The number of anilines is 2. The van der Waals surface area contributed by atoms with Crippen LogP contribution in [0.1, 0.15) is 22.8 Å². The number of amides is 3. The lowest BCUT2D eigenvalue weighted by Crippen LogP contribution is -2.30. The predicted octanol–water partition coefficient (Wildman–Crippen LogP) is 6.23. The van der Waals surface area contributed by atoms with Crippen LogP contribution in [0.4, 0.5) is 10.8 Å². The third kappa shape index (κ3) is 7.85. The molecule has 5 aromatic rings. The van der Waals surface area contributed by atoms with Crippen LogP contribution in [-0.2, 0) is 9.59 Å². The van der Waals surface area contributed by atoms with Crippen LogP contribution in [0, 0.1) is 0 Å². The van der Waals surface area contributed by atoms with Crippen molar-refractivity contribution in [1.82, 2.24) is 15.3 Å². The van der Waals surface area contributed by atoms with Gasteiger partial charge in [-0.25, -0.2) is 4.98 Å². The highest BCUT2D eigenvalue weighted by Crippen LogP contribution is 2.31. The van der Waals surface area contributed by atoms with Gasteiger partial charge in [-0.2, -0.15) is 0 Å². The predicted molar refractivity (Wildman–Crippen MR) is 171 cm³/mol. The lowest BCUT2D eigenvalue weighted by Gasteiger charge is -2.13. The van der Waals surface area contributed by atoms with Crippen molar-refractivity contribution in [3.63, 3.8) is 0 Å². The summed E-state index contributed by atoms with van der Waals surface area (Å²) in [5.74, 6) is -0.394. The van der Waals surface area contributed by atoms with E-state index in [0.717, 1.165) is 20.9 Å². The van der Waals surface area contributed by atoms with E-state index in [9.17, 15) is 14.4 Å². The molecule has 0 radical (unpaired) electrons. The molecule has 216 valence electrons. The van der Waals surface area contributed by atoms with Crippen LogP contribution < -0.4 is 20.7 Å². The number of carbonyl (C=O) groups is 3. The van der Waals surface area contributed by atoms with Gasteiger partial charge in [0.2, 0.25) is 5.91 Å². The summed E-state index contributed by atoms with van der Waals surface area (Å²) in [6, 6.07) is 24.9. The van der Waals surface area contributed by atoms with Gasteiger partial charge >= 0.3 is 0 Å². The van der Waals surface area contributed by atoms with Crippen LogP contribution in [0.5, 0.6) is 5.75 Å². The number of rotatable bonds is 10. The zero-order chi connectivity index (χ0) is 30.2. The van der Waals surface area contributed by atoms with E-state index < -0.39 is 17.1 Å². The second-order valence-corrected chi connectivity index (χ2v) is 11.7. The first-order valence-corrected chi connectivity index (χ1v) is 14.9. The number of hydrogen-bond donors (Lipinski definition) is 3. The molecular weight excluding hydrogens is 583 g/mol. The molecule has 1 unspecified atom stereocenters. The van der Waals surface area contributed by atoms with E-state index in [2.05, 4.69) is 25.9 Å². The Bertz CT molecular complexity index is 1790. The number of benzene rings is 3. The quantitative estimate of drug-likeness (QED) is 0.127. The molecule has 0 aliphatic rings. The van der Waals surface area contributed by atoms with Crippen LogP contribution in [0.25, 0.3) is 16.3 Å². The molecule has 0 saturated heterocycles. The lowest BCUT2D eigenvalue weighted by molar-refractivity contribution is -0.115. The van der Waals surface area contributed by atoms with Crippen LogP contribution in [0.2, 0.25) is 0 Å². The van der Waals surface area contributed by atoms with Crippen LogP contribution in [0.15, 0.2) is 108 Å². The molecule has 0 saturated carbocycles. The van der Waals surface area contributed by atoms with Crippen LogP contribution in [-0.4, -0.2) is 40.0 Å². The summed E-state index contributed by atoms with van der Waals surface area (Å²) >= 11 is 2.72. The van der Waals surface area contributed by atoms with Crippen molar-refractivity contribution in [2.45, 2.75) is 17.1 Å². The number of nitrogens with one attached hydrogen (secondary N) is 3. The molecule has 3 amide bonds. The number of nitrogens with zero attached hydrogens (tertiary/aromatic N) is 2. The average molecular weight is 610 g/mol. The van der Waals surface area contributed by atoms with Gasteiger partial charge in [0, 0.05) is 28.5 Å². The van der Waals surface area contributed by atoms with Crippen molar-refractivity contribution in [3.05, 3.63) is 114 Å². The number of pyridine rings is 1. The van der Waals surface area contributed by atoms with Crippen LogP contribution >= 0.6 is 23.1 Å². The SMILES string of the molecule is COc1ccc2nc(NC(=O)C(C)Sc3cccc(NC(=O)/C(=C/c4cccnc4)NC(=O)c4ccccc4)c3)sc2c1. The molecule has 3 aromatic carbocycles. The standard InChI is InChI=1S/C32H27N5O4S2/c1-20(29(38)37-32-36-26-14-13-24(41-2)18-28(26)43-32)42-25-12-6-11-23(17-25)34-31(40)27(16-21-8-7-15-33-19-21)35-30(39)22-9-4-3-5-10-22/h3-20H,1-2H3,(H,34,40)(H,35,39)(H,36,37,38)/b27-16-. The first-order chi connectivity index (χ1) is 20.9. The summed E-state index contributed by atoms with van der Waals surface area (Å²) in [6.07, 6.45) is 4.78. The van der Waals surface area contributed by atoms with E-state index in [-0.39, 0.29) is 11.6 Å². The number of aromatic nitrogens is 2. The summed E-state index contributed by atoms with van der Waals surface area (Å²) < 4.78 is 6.18. The van der Waals surface area contributed by atoms with Crippen LogP contribution in [0.3, 0.4) is 0 Å². The van der Waals surface area contributed by atoms with Gasteiger partial charge in [-0.05, 0) is 73.2 Å². The Morgan fingerprint density at radius 3 is 2.56 bits per heavy atom. The Balaban J connectivity index is 1.26. The minimum atomic E-state index is -0.506. The number of thioether (sulfide) groups is 1. The molecule has 0 aliphatic heterocycles. The highest BCUT2D eigenvalue weighted by molar-refractivity contribution is 8.00. The molecular formula is C32H27N5O4S2. The average Bonchev–Trinajstić information content (AvgIpc) is 3.43. The van der Waals surface area contributed by atoms with Crippen molar-refractivity contribution >= 4 is 67.9 Å². The molecule has 9 nitrogen and oxygen atoms in total. The third-order valence-electron chi connectivity index (χ3n) is 6.12. The van der Waals surface area contributed by atoms with Gasteiger partial charge in [0.15, 0.2) is 5.13 Å². The molecule has 0 spiro atoms. The number of fused-ring (bicyclic) bond motifs is 1. The highest BCUT2D eigenvalue weighted by atomic mass is 32.2. The molecule has 1 atom stereocenters. The zero-order valence-corrected chi connectivity index (χ0v) is 24.9. The Kier molecular flexibility index (Phi) is 9.45. The van der Waals surface area contributed by atoms with E-state index in [1.165, 1.54) is 23.1 Å². The maximum atomic E-state index is 13.3. The van der Waals surface area contributed by atoms with Gasteiger partial charge in [0.1, 0.15) is 11.4 Å². The van der Waals surface area contributed by atoms with Crippen molar-refractivity contribution in [3.8, 4) is 5.75 Å². The van der Waals surface area contributed by atoms with Crippen molar-refractivity contribution < 1.29 is 19.1 Å². The Morgan fingerprint density at radius 2 is 1.79 bits per heavy atom. The number of hydrogen-bond acceptors (Lipinski definition) is 8. The summed E-state index contributed by atoms with van der Waals surface area (Å²) in [7, 11) is 1.60. The minimum Gasteiger partial charge on any atom is -0.497 e. The molecule has 11 heteroatoms. The highest BCUT2D eigenvalue weighted by Gasteiger charge is 2.18. The summed E-state index contributed by atoms with van der Waals surface area (Å²) in [4.78, 5) is 48.5. The maximum absolute atomic E-state index is 13.3. The molecule has 5 rings (SSSR count).